The molecular formula is C21H22N2O6. The summed E-state index contributed by atoms with van der Waals surface area (Å²) in [5, 5.41) is 9.62. The molecular weight excluding hydrogens is 376 g/mol. The number of benzene rings is 2. The molecule has 0 saturated carbocycles. The van der Waals surface area contributed by atoms with Crippen LogP contribution in [0, 0.1) is 0 Å². The first-order valence-corrected chi connectivity index (χ1v) is 9.00. The molecule has 0 radical (unpaired) electrons. The number of carbonyl (C=O) groups excluding carboxylic acids is 2. The van der Waals surface area contributed by atoms with Crippen LogP contribution in [-0.2, 0) is 22.7 Å². The summed E-state index contributed by atoms with van der Waals surface area (Å²) in [4.78, 5) is 38.7. The average molecular weight is 398 g/mol. The molecule has 0 aromatic heterocycles. The Morgan fingerprint density at radius 2 is 1.90 bits per heavy atom. The lowest BCUT2D eigenvalue weighted by Crippen LogP contribution is -2.71. The molecule has 1 N–H and O–H groups in total. The fraction of sp³-hybridized carbons (Fsp3) is 0.286. The lowest BCUT2D eigenvalue weighted by Gasteiger charge is -2.48. The molecule has 152 valence electrons. The quantitative estimate of drug-likeness (QED) is 0.541. The van der Waals surface area contributed by atoms with E-state index in [0.717, 1.165) is 10.5 Å². The molecule has 8 nitrogen and oxygen atoms in total. The predicted molar refractivity (Wildman–Crippen MR) is 104 cm³/mol. The summed E-state index contributed by atoms with van der Waals surface area (Å²) in [6, 6.07) is 12.2. The smallest absolute Gasteiger partial charge is 0.408 e. The van der Waals surface area contributed by atoms with E-state index in [-0.39, 0.29) is 13.1 Å². The molecule has 29 heavy (non-hydrogen) atoms. The normalized spacial score (nSPS) is 18.0. The Hall–Kier alpha value is -3.55. The number of carbonyl (C=O) groups is 3. The second-order valence-corrected chi connectivity index (χ2v) is 6.61. The summed E-state index contributed by atoms with van der Waals surface area (Å²) in [7, 11) is 3.04. The number of amides is 2. The van der Waals surface area contributed by atoms with Gasteiger partial charge in [0, 0.05) is 18.2 Å². The Bertz CT molecular complexity index is 901. The monoisotopic (exact) mass is 398 g/mol. The molecule has 0 bridgehead atoms. The van der Waals surface area contributed by atoms with Crippen LogP contribution < -0.4 is 9.47 Å². The van der Waals surface area contributed by atoms with Crippen molar-refractivity contribution in [3.8, 4) is 11.5 Å². The minimum absolute atomic E-state index is 0.0244. The van der Waals surface area contributed by atoms with E-state index in [1.165, 1.54) is 19.1 Å². The maximum atomic E-state index is 12.8. The van der Waals surface area contributed by atoms with Crippen molar-refractivity contribution in [3.05, 3.63) is 59.7 Å². The SMILES string of the molecule is COc1ccc(CN2C(=O)[C@@H](N(Cc3ccccc3)C(=O)O)[C@H]2C=O)c(OC)c1. The summed E-state index contributed by atoms with van der Waals surface area (Å²) in [6.45, 7) is 0.154. The zero-order valence-corrected chi connectivity index (χ0v) is 16.1. The minimum Gasteiger partial charge on any atom is -0.497 e. The van der Waals surface area contributed by atoms with Crippen molar-refractivity contribution in [3.63, 3.8) is 0 Å². The summed E-state index contributed by atoms with van der Waals surface area (Å²) >= 11 is 0. The molecule has 2 aromatic rings. The molecule has 2 atom stereocenters. The molecule has 0 aliphatic carbocycles. The highest BCUT2D eigenvalue weighted by molar-refractivity contribution is 5.98. The molecule has 2 amide bonds. The van der Waals surface area contributed by atoms with Crippen LogP contribution in [0.25, 0.3) is 0 Å². The van der Waals surface area contributed by atoms with Crippen LogP contribution in [0.2, 0.25) is 0 Å². The molecule has 0 spiro atoms. The van der Waals surface area contributed by atoms with Crippen LogP contribution in [0.3, 0.4) is 0 Å². The number of rotatable bonds is 8. The van der Waals surface area contributed by atoms with E-state index in [1.807, 2.05) is 6.07 Å². The molecule has 2 aromatic carbocycles. The Morgan fingerprint density at radius 3 is 2.48 bits per heavy atom. The number of carboxylic acid groups (broad SMARTS) is 1. The van der Waals surface area contributed by atoms with Gasteiger partial charge in [-0.05, 0) is 17.7 Å². The maximum absolute atomic E-state index is 12.8. The van der Waals surface area contributed by atoms with Crippen molar-refractivity contribution in [1.82, 2.24) is 9.80 Å². The number of hydrogen-bond donors (Lipinski definition) is 1. The zero-order valence-electron chi connectivity index (χ0n) is 16.1. The van der Waals surface area contributed by atoms with E-state index in [1.54, 1.807) is 42.5 Å². The van der Waals surface area contributed by atoms with Gasteiger partial charge in [-0.15, -0.1) is 0 Å². The van der Waals surface area contributed by atoms with Gasteiger partial charge in [0.25, 0.3) is 0 Å². The topological polar surface area (TPSA) is 96.4 Å². The van der Waals surface area contributed by atoms with Crippen molar-refractivity contribution in [2.75, 3.05) is 14.2 Å². The van der Waals surface area contributed by atoms with Crippen LogP contribution >= 0.6 is 0 Å². The Kier molecular flexibility index (Phi) is 6.01. The second kappa shape index (κ2) is 8.64. The lowest BCUT2D eigenvalue weighted by molar-refractivity contribution is -0.161. The standard InChI is InChI=1S/C21H22N2O6/c1-28-16-9-8-15(18(10-16)29-2)12-22-17(13-24)19(20(22)25)23(21(26)27)11-14-6-4-3-5-7-14/h3-10,13,17,19H,11-12H2,1-2H3,(H,26,27)/t17-,19+/m1/s1. The van der Waals surface area contributed by atoms with Crippen LogP contribution in [0.4, 0.5) is 4.79 Å². The second-order valence-electron chi connectivity index (χ2n) is 6.61. The van der Waals surface area contributed by atoms with Crippen LogP contribution in [0.1, 0.15) is 11.1 Å². The van der Waals surface area contributed by atoms with Gasteiger partial charge >= 0.3 is 6.09 Å². The first kappa shape index (κ1) is 20.2. The molecule has 8 heteroatoms. The minimum atomic E-state index is -1.25. The Labute approximate surface area is 168 Å². The number of β-lactam (4-membered cyclic amide) rings is 1. The number of hydrogen-bond acceptors (Lipinski definition) is 5. The number of ether oxygens (including phenoxy) is 2. The third-order valence-electron chi connectivity index (χ3n) is 4.97. The van der Waals surface area contributed by atoms with Gasteiger partial charge in [-0.25, -0.2) is 4.79 Å². The van der Waals surface area contributed by atoms with Crippen molar-refractivity contribution >= 4 is 18.3 Å². The Balaban J connectivity index is 1.80. The van der Waals surface area contributed by atoms with Gasteiger partial charge in [-0.1, -0.05) is 30.3 Å². The highest BCUT2D eigenvalue weighted by atomic mass is 16.5. The predicted octanol–water partition coefficient (Wildman–Crippen LogP) is 2.16. The highest BCUT2D eigenvalue weighted by Crippen LogP contribution is 2.31. The van der Waals surface area contributed by atoms with Crippen LogP contribution in [0.15, 0.2) is 48.5 Å². The van der Waals surface area contributed by atoms with E-state index >= 15 is 0 Å². The molecule has 1 saturated heterocycles. The first-order chi connectivity index (χ1) is 14.0. The van der Waals surface area contributed by atoms with Gasteiger partial charge < -0.3 is 24.3 Å². The van der Waals surface area contributed by atoms with Gasteiger partial charge in [0.15, 0.2) is 0 Å². The van der Waals surface area contributed by atoms with E-state index < -0.39 is 24.1 Å². The molecule has 1 aliphatic rings. The number of likely N-dealkylation sites (tertiary alicyclic amines) is 1. The van der Waals surface area contributed by atoms with Crippen molar-refractivity contribution < 1.29 is 29.0 Å². The highest BCUT2D eigenvalue weighted by Gasteiger charge is 2.52. The van der Waals surface area contributed by atoms with Gasteiger partial charge in [0.1, 0.15) is 29.9 Å². The Morgan fingerprint density at radius 1 is 1.17 bits per heavy atom. The molecule has 3 rings (SSSR count). The fourth-order valence-corrected chi connectivity index (χ4v) is 3.43. The van der Waals surface area contributed by atoms with E-state index in [9.17, 15) is 19.5 Å². The van der Waals surface area contributed by atoms with Gasteiger partial charge in [-0.3, -0.25) is 9.69 Å². The summed E-state index contributed by atoms with van der Waals surface area (Å²) < 4.78 is 10.5. The summed E-state index contributed by atoms with van der Waals surface area (Å²) in [5.41, 5.74) is 1.43. The van der Waals surface area contributed by atoms with E-state index in [0.29, 0.717) is 23.3 Å². The van der Waals surface area contributed by atoms with E-state index in [2.05, 4.69) is 0 Å². The van der Waals surface area contributed by atoms with Crippen LogP contribution in [-0.4, -0.2) is 59.5 Å². The molecule has 0 unspecified atom stereocenters. The molecule has 1 aliphatic heterocycles. The average Bonchev–Trinajstić information content (AvgIpc) is 2.74. The third kappa shape index (κ3) is 4.01. The fourth-order valence-electron chi connectivity index (χ4n) is 3.43. The van der Waals surface area contributed by atoms with Crippen molar-refractivity contribution in [1.29, 1.82) is 0 Å². The van der Waals surface area contributed by atoms with Gasteiger partial charge in [0.2, 0.25) is 5.91 Å². The zero-order chi connectivity index (χ0) is 21.0. The number of aldehydes is 1. The summed E-state index contributed by atoms with van der Waals surface area (Å²) in [6.07, 6.45) is -0.635. The number of methoxy groups -OCH3 is 2. The molecule has 1 fully saturated rings. The molecule has 1 heterocycles. The number of nitrogens with zero attached hydrogens (tertiary/aromatic N) is 2. The first-order valence-electron chi connectivity index (χ1n) is 9.00. The largest absolute Gasteiger partial charge is 0.497 e. The maximum Gasteiger partial charge on any atom is 0.408 e. The van der Waals surface area contributed by atoms with Gasteiger partial charge in [-0.2, -0.15) is 0 Å². The van der Waals surface area contributed by atoms with Crippen LogP contribution in [0.5, 0.6) is 11.5 Å². The summed E-state index contributed by atoms with van der Waals surface area (Å²) in [5.74, 6) is 0.702. The van der Waals surface area contributed by atoms with E-state index in [4.69, 9.17) is 9.47 Å². The van der Waals surface area contributed by atoms with Crippen molar-refractivity contribution in [2.45, 2.75) is 25.2 Å². The van der Waals surface area contributed by atoms with Gasteiger partial charge in [0.05, 0.1) is 20.8 Å². The third-order valence-corrected chi connectivity index (χ3v) is 4.97. The lowest BCUT2D eigenvalue weighted by atomic mass is 9.93. The van der Waals surface area contributed by atoms with Crippen molar-refractivity contribution in [2.24, 2.45) is 0 Å².